The van der Waals surface area contributed by atoms with Crippen LogP contribution >= 0.6 is 0 Å². The molecule has 1 aliphatic carbocycles. The van der Waals surface area contributed by atoms with Crippen LogP contribution in [-0.2, 0) is 14.2 Å². The van der Waals surface area contributed by atoms with Gasteiger partial charge in [-0.05, 0) is 12.8 Å². The third kappa shape index (κ3) is 4.09. The smallest absolute Gasteiger partial charge is 0.409 e. The van der Waals surface area contributed by atoms with Gasteiger partial charge in [0.25, 0.3) is 0 Å². The van der Waals surface area contributed by atoms with Gasteiger partial charge >= 0.3 is 6.09 Å². The summed E-state index contributed by atoms with van der Waals surface area (Å²) in [6.07, 6.45) is 3.19. The third-order valence-electron chi connectivity index (χ3n) is 3.93. The molecule has 5 heteroatoms. The van der Waals surface area contributed by atoms with Gasteiger partial charge in [-0.2, -0.15) is 0 Å². The van der Waals surface area contributed by atoms with Crippen LogP contribution in [0.1, 0.15) is 46.5 Å². The maximum atomic E-state index is 12.1. The minimum absolute atomic E-state index is 0.0498. The van der Waals surface area contributed by atoms with Gasteiger partial charge in [0, 0.05) is 45.6 Å². The first-order valence-corrected chi connectivity index (χ1v) is 7.46. The minimum atomic E-state index is -0.492. The molecular weight excluding hydrogens is 258 g/mol. The molecule has 1 saturated carbocycles. The fourth-order valence-corrected chi connectivity index (χ4v) is 2.88. The van der Waals surface area contributed by atoms with Crippen LogP contribution in [0, 0.1) is 5.41 Å². The summed E-state index contributed by atoms with van der Waals surface area (Å²) in [7, 11) is 3.30. The summed E-state index contributed by atoms with van der Waals surface area (Å²) in [5, 5.41) is 0. The Morgan fingerprint density at radius 2 is 1.60 bits per heavy atom. The highest BCUT2D eigenvalue weighted by Crippen LogP contribution is 2.50. The zero-order valence-corrected chi connectivity index (χ0v) is 13.5. The Labute approximate surface area is 122 Å². The lowest BCUT2D eigenvalue weighted by atomic mass is 9.66. The molecule has 20 heavy (non-hydrogen) atoms. The van der Waals surface area contributed by atoms with E-state index in [4.69, 9.17) is 14.2 Å². The first-order valence-electron chi connectivity index (χ1n) is 7.46. The maximum Gasteiger partial charge on any atom is 0.409 e. The zero-order chi connectivity index (χ0) is 15.2. The van der Waals surface area contributed by atoms with Crippen LogP contribution in [0.25, 0.3) is 0 Å². The van der Waals surface area contributed by atoms with E-state index < -0.39 is 5.79 Å². The van der Waals surface area contributed by atoms with Crippen molar-refractivity contribution in [3.05, 3.63) is 0 Å². The molecule has 0 unspecified atom stereocenters. The van der Waals surface area contributed by atoms with Crippen molar-refractivity contribution in [2.75, 3.05) is 33.9 Å². The molecule has 1 amide bonds. The summed E-state index contributed by atoms with van der Waals surface area (Å²) in [5.41, 5.74) is -0.0498. The number of carbonyl (C=O) groups is 1. The average Bonchev–Trinajstić information content (AvgIpc) is 2.41. The predicted molar refractivity (Wildman–Crippen MR) is 77.6 cm³/mol. The van der Waals surface area contributed by atoms with E-state index in [2.05, 4.69) is 20.8 Å². The summed E-state index contributed by atoms with van der Waals surface area (Å²) >= 11 is 0. The maximum absolute atomic E-state index is 12.1. The quantitative estimate of drug-likeness (QED) is 0.644. The molecule has 118 valence electrons. The van der Waals surface area contributed by atoms with Crippen LogP contribution in [0.5, 0.6) is 0 Å². The Morgan fingerprint density at radius 1 is 1.10 bits per heavy atom. The van der Waals surface area contributed by atoms with Crippen LogP contribution in [0.4, 0.5) is 4.79 Å². The van der Waals surface area contributed by atoms with Gasteiger partial charge in [0.2, 0.25) is 0 Å². The van der Waals surface area contributed by atoms with Crippen LogP contribution in [0.15, 0.2) is 0 Å². The van der Waals surface area contributed by atoms with E-state index in [1.54, 1.807) is 19.1 Å². The molecule has 1 fully saturated rings. The molecule has 5 nitrogen and oxygen atoms in total. The van der Waals surface area contributed by atoms with E-state index in [9.17, 15) is 4.79 Å². The number of amides is 1. The van der Waals surface area contributed by atoms with Crippen molar-refractivity contribution in [3.8, 4) is 0 Å². The van der Waals surface area contributed by atoms with Crippen molar-refractivity contribution in [2.24, 2.45) is 5.41 Å². The van der Waals surface area contributed by atoms with Gasteiger partial charge < -0.3 is 19.1 Å². The third-order valence-corrected chi connectivity index (χ3v) is 3.93. The lowest BCUT2D eigenvalue weighted by Gasteiger charge is -2.51. The molecule has 0 aromatic carbocycles. The number of hydrogen-bond donors (Lipinski definition) is 0. The van der Waals surface area contributed by atoms with Crippen molar-refractivity contribution in [3.63, 3.8) is 0 Å². The van der Waals surface area contributed by atoms with E-state index in [0.29, 0.717) is 6.61 Å². The second kappa shape index (κ2) is 7.27. The topological polar surface area (TPSA) is 48.0 Å². The van der Waals surface area contributed by atoms with Gasteiger partial charge in [-0.25, -0.2) is 4.79 Å². The Hall–Kier alpha value is -0.810. The van der Waals surface area contributed by atoms with Gasteiger partial charge in [-0.1, -0.05) is 20.8 Å². The van der Waals surface area contributed by atoms with Crippen molar-refractivity contribution in [2.45, 2.75) is 52.2 Å². The van der Waals surface area contributed by atoms with Crippen molar-refractivity contribution in [1.29, 1.82) is 0 Å². The van der Waals surface area contributed by atoms with E-state index in [1.165, 1.54) is 0 Å². The van der Waals surface area contributed by atoms with Crippen LogP contribution in [0.2, 0.25) is 0 Å². The zero-order valence-electron chi connectivity index (χ0n) is 13.5. The van der Waals surface area contributed by atoms with Gasteiger partial charge in [0.05, 0.1) is 6.61 Å². The molecular formula is C15H29NO4. The Bertz CT molecular complexity index is 301. The van der Waals surface area contributed by atoms with Crippen molar-refractivity contribution >= 4 is 6.09 Å². The van der Waals surface area contributed by atoms with Gasteiger partial charge in [0.15, 0.2) is 5.79 Å². The largest absolute Gasteiger partial charge is 0.449 e. The van der Waals surface area contributed by atoms with E-state index >= 15 is 0 Å². The fraction of sp³-hybridized carbons (Fsp3) is 0.933. The lowest BCUT2D eigenvalue weighted by molar-refractivity contribution is -0.298. The van der Waals surface area contributed by atoms with Crippen molar-refractivity contribution in [1.82, 2.24) is 4.90 Å². The molecule has 0 spiro atoms. The Balaban J connectivity index is 2.41. The highest BCUT2D eigenvalue weighted by atomic mass is 16.7. The van der Waals surface area contributed by atoms with E-state index in [1.807, 2.05) is 0 Å². The molecule has 0 aromatic rings. The molecule has 0 aliphatic heterocycles. The SMILES string of the molecule is CCCN(CCC)C(=O)OCC1(C)CC(OC)(OC)C1. The summed E-state index contributed by atoms with van der Waals surface area (Å²) in [6.45, 7) is 8.15. The molecule has 0 heterocycles. The van der Waals surface area contributed by atoms with Crippen LogP contribution in [0.3, 0.4) is 0 Å². The number of carbonyl (C=O) groups excluding carboxylic acids is 1. The minimum Gasteiger partial charge on any atom is -0.449 e. The highest BCUT2D eigenvalue weighted by molar-refractivity contribution is 5.67. The molecule has 0 radical (unpaired) electrons. The first kappa shape index (κ1) is 17.2. The number of rotatable bonds is 8. The normalized spacial score (nSPS) is 19.2. The summed E-state index contributed by atoms with van der Waals surface area (Å²) in [4.78, 5) is 13.8. The second-order valence-corrected chi connectivity index (χ2v) is 6.02. The number of methoxy groups -OCH3 is 2. The Morgan fingerprint density at radius 3 is 2.00 bits per heavy atom. The van der Waals surface area contributed by atoms with Gasteiger partial charge in [0.1, 0.15) is 0 Å². The number of hydrogen-bond acceptors (Lipinski definition) is 4. The highest BCUT2D eigenvalue weighted by Gasteiger charge is 2.53. The first-order chi connectivity index (χ1) is 9.44. The fourth-order valence-electron chi connectivity index (χ4n) is 2.88. The molecule has 0 aromatic heterocycles. The molecule has 1 aliphatic rings. The average molecular weight is 287 g/mol. The molecule has 0 bridgehead atoms. The summed E-state index contributed by atoms with van der Waals surface area (Å²) in [5.74, 6) is -0.492. The second-order valence-electron chi connectivity index (χ2n) is 6.02. The predicted octanol–water partition coefficient (Wildman–Crippen LogP) is 3.03. The number of ether oxygens (including phenoxy) is 3. The monoisotopic (exact) mass is 287 g/mol. The molecule has 0 atom stereocenters. The Kier molecular flexibility index (Phi) is 6.27. The van der Waals surface area contributed by atoms with Gasteiger partial charge in [-0.15, -0.1) is 0 Å². The van der Waals surface area contributed by atoms with Crippen molar-refractivity contribution < 1.29 is 19.0 Å². The van der Waals surface area contributed by atoms with E-state index in [0.717, 1.165) is 38.8 Å². The van der Waals surface area contributed by atoms with E-state index in [-0.39, 0.29) is 11.5 Å². The lowest BCUT2D eigenvalue weighted by Crippen LogP contribution is -2.55. The molecule has 0 N–H and O–H groups in total. The molecule has 0 saturated heterocycles. The molecule has 1 rings (SSSR count). The number of nitrogens with zero attached hydrogens (tertiary/aromatic N) is 1. The van der Waals surface area contributed by atoms with Gasteiger partial charge in [-0.3, -0.25) is 0 Å². The van der Waals surface area contributed by atoms with Crippen LogP contribution in [-0.4, -0.2) is 50.7 Å². The standard InChI is InChI=1S/C15H29NO4/c1-6-8-16(9-7-2)13(17)20-12-14(3)10-15(11-14,18-4)19-5/h6-12H2,1-5H3. The summed E-state index contributed by atoms with van der Waals surface area (Å²) in [6, 6.07) is 0. The summed E-state index contributed by atoms with van der Waals surface area (Å²) < 4.78 is 16.2. The van der Waals surface area contributed by atoms with Crippen LogP contribution < -0.4 is 0 Å².